The van der Waals surface area contributed by atoms with Crippen molar-refractivity contribution in [2.75, 3.05) is 6.61 Å². The molecule has 2 unspecified atom stereocenters. The van der Waals surface area contributed by atoms with Gasteiger partial charge in [0.15, 0.2) is 12.6 Å². The SMILES string of the molecule is CC(=O)N[C@H]1C(OC(C)C)O[C@H](CO)[C@H](O)[C@@H]1O.CCC(=O)N[C@H]1C(OC(C)C)O[C@H](CC)[C@H](O)[C@@H]1O. The van der Waals surface area contributed by atoms with Gasteiger partial charge in [-0.05, 0) is 34.1 Å². The molecule has 2 saturated heterocycles. The largest absolute Gasteiger partial charge is 0.394 e. The highest BCUT2D eigenvalue weighted by Crippen LogP contribution is 2.25. The molecule has 2 heterocycles. The lowest BCUT2D eigenvalue weighted by Crippen LogP contribution is -2.64. The second-order valence-electron chi connectivity index (χ2n) is 9.68. The molecule has 13 nitrogen and oxygen atoms in total. The lowest BCUT2D eigenvalue weighted by atomic mass is 9.95. The first kappa shape index (κ1) is 33.6. The molecule has 0 aromatic carbocycles. The van der Waals surface area contributed by atoms with Crippen LogP contribution in [0.4, 0.5) is 0 Å². The number of amides is 2. The fraction of sp³-hybridized carbons (Fsp3) is 0.917. The fourth-order valence-corrected chi connectivity index (χ4v) is 3.95. The number of aliphatic hydroxyl groups excluding tert-OH is 5. The summed E-state index contributed by atoms with van der Waals surface area (Å²) in [6, 6.07) is -1.63. The maximum Gasteiger partial charge on any atom is 0.220 e. The second kappa shape index (κ2) is 15.9. The number of hydrogen-bond acceptors (Lipinski definition) is 11. The average molecular weight is 539 g/mol. The highest BCUT2D eigenvalue weighted by atomic mass is 16.7. The van der Waals surface area contributed by atoms with Crippen LogP contribution in [0.2, 0.25) is 0 Å². The van der Waals surface area contributed by atoms with Gasteiger partial charge in [0.1, 0.15) is 42.6 Å². The second-order valence-corrected chi connectivity index (χ2v) is 9.68. The van der Waals surface area contributed by atoms with Gasteiger partial charge in [-0.3, -0.25) is 9.59 Å². The lowest BCUT2D eigenvalue weighted by molar-refractivity contribution is -0.278. The van der Waals surface area contributed by atoms with Crippen LogP contribution in [-0.2, 0) is 28.5 Å². The smallest absolute Gasteiger partial charge is 0.220 e. The number of carbonyl (C=O) groups is 2. The summed E-state index contributed by atoms with van der Waals surface area (Å²) in [5.41, 5.74) is 0. The van der Waals surface area contributed by atoms with Crippen LogP contribution < -0.4 is 10.6 Å². The molecule has 0 aromatic rings. The van der Waals surface area contributed by atoms with Gasteiger partial charge >= 0.3 is 0 Å². The van der Waals surface area contributed by atoms with Gasteiger partial charge < -0.3 is 55.1 Å². The third-order valence-corrected chi connectivity index (χ3v) is 5.82. The lowest BCUT2D eigenvalue weighted by Gasteiger charge is -2.43. The number of hydrogen-bond donors (Lipinski definition) is 7. The molecule has 0 aliphatic carbocycles. The van der Waals surface area contributed by atoms with E-state index < -0.39 is 67.9 Å². The Morgan fingerprint density at radius 1 is 0.784 bits per heavy atom. The van der Waals surface area contributed by atoms with Crippen molar-refractivity contribution >= 4 is 11.8 Å². The highest BCUT2D eigenvalue weighted by Gasteiger charge is 2.46. The van der Waals surface area contributed by atoms with Crippen LogP contribution in [0.1, 0.15) is 61.3 Å². The van der Waals surface area contributed by atoms with E-state index in [1.54, 1.807) is 20.8 Å². The molecule has 37 heavy (non-hydrogen) atoms. The third kappa shape index (κ3) is 10.0. The van der Waals surface area contributed by atoms with Gasteiger partial charge in [0.05, 0.1) is 24.9 Å². The Bertz CT molecular complexity index is 696. The molecule has 13 heteroatoms. The van der Waals surface area contributed by atoms with Gasteiger partial charge in [0.2, 0.25) is 11.8 Å². The molecule has 0 radical (unpaired) electrons. The summed E-state index contributed by atoms with van der Waals surface area (Å²) < 4.78 is 22.0. The van der Waals surface area contributed by atoms with Crippen molar-refractivity contribution in [2.24, 2.45) is 0 Å². The topological polar surface area (TPSA) is 196 Å². The zero-order chi connectivity index (χ0) is 28.4. The number of nitrogens with one attached hydrogen (secondary N) is 2. The van der Waals surface area contributed by atoms with Gasteiger partial charge in [-0.25, -0.2) is 0 Å². The molecule has 10 atom stereocenters. The predicted octanol–water partition coefficient (Wildman–Crippen LogP) is -1.48. The van der Waals surface area contributed by atoms with Crippen molar-refractivity contribution in [2.45, 2.75) is 135 Å². The Balaban J connectivity index is 0.000000371. The van der Waals surface area contributed by atoms with Crippen molar-refractivity contribution in [1.82, 2.24) is 10.6 Å². The fourth-order valence-electron chi connectivity index (χ4n) is 3.95. The van der Waals surface area contributed by atoms with Crippen molar-refractivity contribution < 1.29 is 54.1 Å². The summed E-state index contributed by atoms with van der Waals surface area (Å²) in [4.78, 5) is 22.6. The maximum absolute atomic E-state index is 11.5. The van der Waals surface area contributed by atoms with Crippen molar-refractivity contribution in [3.8, 4) is 0 Å². The minimum Gasteiger partial charge on any atom is -0.394 e. The van der Waals surface area contributed by atoms with E-state index in [2.05, 4.69) is 10.6 Å². The van der Waals surface area contributed by atoms with E-state index in [9.17, 15) is 30.0 Å². The molecule has 7 N–H and O–H groups in total. The van der Waals surface area contributed by atoms with Crippen LogP contribution >= 0.6 is 0 Å². The molecule has 0 saturated carbocycles. The Labute approximate surface area is 218 Å². The maximum atomic E-state index is 11.5. The van der Waals surface area contributed by atoms with Gasteiger partial charge in [-0.15, -0.1) is 0 Å². The van der Waals surface area contributed by atoms with Crippen LogP contribution in [0, 0.1) is 0 Å². The molecule has 218 valence electrons. The third-order valence-electron chi connectivity index (χ3n) is 5.82. The van der Waals surface area contributed by atoms with E-state index in [1.807, 2.05) is 20.8 Å². The Morgan fingerprint density at radius 2 is 1.22 bits per heavy atom. The monoisotopic (exact) mass is 538 g/mol. The zero-order valence-corrected chi connectivity index (χ0v) is 22.7. The van der Waals surface area contributed by atoms with E-state index in [0.29, 0.717) is 12.8 Å². The molecule has 2 amide bonds. The quantitative estimate of drug-likeness (QED) is 0.181. The van der Waals surface area contributed by atoms with Crippen molar-refractivity contribution in [3.63, 3.8) is 0 Å². The molecule has 2 aliphatic rings. The summed E-state index contributed by atoms with van der Waals surface area (Å²) in [7, 11) is 0. The summed E-state index contributed by atoms with van der Waals surface area (Å²) in [6.45, 7) is 11.7. The number of ether oxygens (including phenoxy) is 4. The van der Waals surface area contributed by atoms with E-state index in [4.69, 9.17) is 24.1 Å². The minimum absolute atomic E-state index is 0.106. The Hall–Kier alpha value is -1.42. The number of aliphatic hydroxyl groups is 5. The normalized spacial score (nSPS) is 36.1. The standard InChI is InChI=1S/C13H25NO5.C11H21NO6/c1-5-8-11(16)12(17)10(14-9(15)6-2)13(19-8)18-7(3)4;1-5(2)17-11-8(12-6(3)14)10(16)9(15)7(4-13)18-11/h7-8,10-13,16-17H,5-6H2,1-4H3,(H,14,15);5,7-11,13,15-16H,4H2,1-3H3,(H,12,14)/t8-,10-,11+,12-,13?;7-,8-,9+,10-,11?/m11/s1. The molecule has 2 fully saturated rings. The van der Waals surface area contributed by atoms with Crippen LogP contribution in [0.3, 0.4) is 0 Å². The molecular formula is C24H46N2O11. The molecule has 2 aliphatic heterocycles. The molecular weight excluding hydrogens is 492 g/mol. The molecule has 0 bridgehead atoms. The zero-order valence-electron chi connectivity index (χ0n) is 22.7. The van der Waals surface area contributed by atoms with Gasteiger partial charge in [-0.2, -0.15) is 0 Å². The molecule has 0 spiro atoms. The van der Waals surface area contributed by atoms with E-state index in [1.165, 1.54) is 6.92 Å². The average Bonchev–Trinajstić information content (AvgIpc) is 2.82. The summed E-state index contributed by atoms with van der Waals surface area (Å²) in [5, 5.41) is 54.0. The van der Waals surface area contributed by atoms with Crippen LogP contribution in [-0.4, -0.2) is 117 Å². The first-order valence-corrected chi connectivity index (χ1v) is 12.8. The Morgan fingerprint density at radius 3 is 1.59 bits per heavy atom. The number of rotatable bonds is 9. The van der Waals surface area contributed by atoms with E-state index in [0.717, 1.165) is 0 Å². The van der Waals surface area contributed by atoms with Crippen molar-refractivity contribution in [3.05, 3.63) is 0 Å². The molecule has 0 aromatic heterocycles. The number of carbonyl (C=O) groups excluding carboxylic acids is 2. The van der Waals surface area contributed by atoms with Crippen LogP contribution in [0.25, 0.3) is 0 Å². The molecule has 2 rings (SSSR count). The Kier molecular flexibility index (Phi) is 14.4. The van der Waals surface area contributed by atoms with Gasteiger partial charge in [0.25, 0.3) is 0 Å². The predicted molar refractivity (Wildman–Crippen MR) is 131 cm³/mol. The van der Waals surface area contributed by atoms with Gasteiger partial charge in [-0.1, -0.05) is 13.8 Å². The summed E-state index contributed by atoms with van der Waals surface area (Å²) in [6.07, 6.45) is -7.20. The van der Waals surface area contributed by atoms with E-state index in [-0.39, 0.29) is 24.0 Å². The van der Waals surface area contributed by atoms with Crippen LogP contribution in [0.5, 0.6) is 0 Å². The van der Waals surface area contributed by atoms with Gasteiger partial charge in [0, 0.05) is 13.3 Å². The summed E-state index contributed by atoms with van der Waals surface area (Å²) >= 11 is 0. The van der Waals surface area contributed by atoms with E-state index >= 15 is 0 Å². The minimum atomic E-state index is -1.28. The first-order chi connectivity index (χ1) is 17.3. The highest BCUT2D eigenvalue weighted by molar-refractivity contribution is 5.76. The first-order valence-electron chi connectivity index (χ1n) is 12.8. The van der Waals surface area contributed by atoms with Crippen LogP contribution in [0.15, 0.2) is 0 Å². The summed E-state index contributed by atoms with van der Waals surface area (Å²) in [5.74, 6) is -0.582. The van der Waals surface area contributed by atoms with Crippen molar-refractivity contribution in [1.29, 1.82) is 0 Å².